The van der Waals surface area contributed by atoms with E-state index in [9.17, 15) is 4.79 Å². The van der Waals surface area contributed by atoms with Crippen molar-refractivity contribution < 1.29 is 4.79 Å². The van der Waals surface area contributed by atoms with Gasteiger partial charge in [0.1, 0.15) is 6.04 Å². The van der Waals surface area contributed by atoms with Gasteiger partial charge in [0.2, 0.25) is 5.91 Å². The Hall–Kier alpha value is -0.680. The standard InChI is InChI=1S/C11H13BrN2OS/c1-16-5-4-9-11(15)14-10-6-7(12)2-3-8(10)13-9/h2-3,6,9,13H,4-5H2,1H3,(H,14,15). The summed E-state index contributed by atoms with van der Waals surface area (Å²) in [5, 5.41) is 6.18. The van der Waals surface area contributed by atoms with Crippen molar-refractivity contribution in [1.29, 1.82) is 0 Å². The molecular formula is C11H13BrN2OS. The predicted molar refractivity (Wildman–Crippen MR) is 73.2 cm³/mol. The van der Waals surface area contributed by atoms with Crippen molar-refractivity contribution in [2.45, 2.75) is 12.5 Å². The Balaban J connectivity index is 2.15. The average Bonchev–Trinajstić information content (AvgIpc) is 2.26. The van der Waals surface area contributed by atoms with Gasteiger partial charge in [-0.1, -0.05) is 15.9 Å². The van der Waals surface area contributed by atoms with E-state index in [1.807, 2.05) is 24.5 Å². The number of benzene rings is 1. The van der Waals surface area contributed by atoms with Gasteiger partial charge in [-0.15, -0.1) is 0 Å². The molecule has 0 bridgehead atoms. The lowest BCUT2D eigenvalue weighted by Crippen LogP contribution is -2.39. The molecule has 1 amide bonds. The molecule has 0 fully saturated rings. The summed E-state index contributed by atoms with van der Waals surface area (Å²) in [6, 6.07) is 5.74. The zero-order valence-electron chi connectivity index (χ0n) is 8.92. The fourth-order valence-electron chi connectivity index (χ4n) is 1.66. The zero-order valence-corrected chi connectivity index (χ0v) is 11.3. The van der Waals surface area contributed by atoms with Gasteiger partial charge in [-0.25, -0.2) is 0 Å². The zero-order chi connectivity index (χ0) is 11.5. The second-order valence-corrected chi connectivity index (χ2v) is 5.56. The second kappa shape index (κ2) is 5.10. The molecule has 1 aliphatic rings. The molecule has 1 heterocycles. The van der Waals surface area contributed by atoms with Gasteiger partial charge in [0.05, 0.1) is 11.4 Å². The van der Waals surface area contributed by atoms with Gasteiger partial charge in [-0.3, -0.25) is 4.79 Å². The van der Waals surface area contributed by atoms with E-state index in [2.05, 4.69) is 26.6 Å². The first-order valence-corrected chi connectivity index (χ1v) is 7.25. The number of hydrogen-bond acceptors (Lipinski definition) is 3. The number of anilines is 2. The molecule has 3 nitrogen and oxygen atoms in total. The van der Waals surface area contributed by atoms with E-state index in [-0.39, 0.29) is 11.9 Å². The molecular weight excluding hydrogens is 288 g/mol. The van der Waals surface area contributed by atoms with E-state index in [0.29, 0.717) is 0 Å². The summed E-state index contributed by atoms with van der Waals surface area (Å²) in [5.74, 6) is 1.04. The minimum atomic E-state index is -0.110. The number of nitrogens with one attached hydrogen (secondary N) is 2. The second-order valence-electron chi connectivity index (χ2n) is 3.66. The van der Waals surface area contributed by atoms with Crippen LogP contribution < -0.4 is 10.6 Å². The highest BCUT2D eigenvalue weighted by atomic mass is 79.9. The van der Waals surface area contributed by atoms with Crippen LogP contribution >= 0.6 is 27.7 Å². The van der Waals surface area contributed by atoms with Gasteiger partial charge in [0, 0.05) is 4.47 Å². The number of rotatable bonds is 3. The fraction of sp³-hybridized carbons (Fsp3) is 0.364. The lowest BCUT2D eigenvalue weighted by Gasteiger charge is -2.26. The van der Waals surface area contributed by atoms with E-state index in [4.69, 9.17) is 0 Å². The summed E-state index contributed by atoms with van der Waals surface area (Å²) in [7, 11) is 0. The first-order valence-electron chi connectivity index (χ1n) is 5.06. The average molecular weight is 301 g/mol. The molecule has 1 atom stereocenters. The summed E-state index contributed by atoms with van der Waals surface area (Å²) in [6.07, 6.45) is 2.90. The van der Waals surface area contributed by atoms with Gasteiger partial charge in [0.25, 0.3) is 0 Å². The molecule has 0 spiro atoms. The van der Waals surface area contributed by atoms with Crippen molar-refractivity contribution in [2.24, 2.45) is 0 Å². The molecule has 1 aromatic carbocycles. The first kappa shape index (κ1) is 11.8. The maximum atomic E-state index is 11.8. The van der Waals surface area contributed by atoms with Gasteiger partial charge >= 0.3 is 0 Å². The van der Waals surface area contributed by atoms with Crippen molar-refractivity contribution in [3.63, 3.8) is 0 Å². The van der Waals surface area contributed by atoms with Crippen LogP contribution in [0.25, 0.3) is 0 Å². The number of fused-ring (bicyclic) bond motifs is 1. The van der Waals surface area contributed by atoms with E-state index in [1.54, 1.807) is 11.8 Å². The van der Waals surface area contributed by atoms with Crippen molar-refractivity contribution in [3.05, 3.63) is 22.7 Å². The van der Waals surface area contributed by atoms with Crippen molar-refractivity contribution in [3.8, 4) is 0 Å². The molecule has 1 aliphatic heterocycles. The van der Waals surface area contributed by atoms with E-state index in [0.717, 1.165) is 28.0 Å². The molecule has 5 heteroatoms. The van der Waals surface area contributed by atoms with Gasteiger partial charge in [-0.05, 0) is 36.6 Å². The lowest BCUT2D eigenvalue weighted by atomic mass is 10.1. The Labute approximate surface area is 108 Å². The van der Waals surface area contributed by atoms with Crippen LogP contribution in [-0.2, 0) is 4.79 Å². The Bertz CT molecular complexity index is 411. The molecule has 0 aliphatic carbocycles. The Morgan fingerprint density at radius 3 is 3.00 bits per heavy atom. The van der Waals surface area contributed by atoms with Crippen LogP contribution in [0, 0.1) is 0 Å². The molecule has 16 heavy (non-hydrogen) atoms. The SMILES string of the molecule is CSCCC1Nc2ccc(Br)cc2NC1=O. The van der Waals surface area contributed by atoms with Crippen LogP contribution in [-0.4, -0.2) is 24.0 Å². The molecule has 2 rings (SSSR count). The molecule has 0 aromatic heterocycles. The van der Waals surface area contributed by atoms with Gasteiger partial charge < -0.3 is 10.6 Å². The molecule has 1 aromatic rings. The number of carbonyl (C=O) groups is 1. The summed E-state index contributed by atoms with van der Waals surface area (Å²) >= 11 is 5.14. The fourth-order valence-corrected chi connectivity index (χ4v) is 2.49. The van der Waals surface area contributed by atoms with Gasteiger partial charge in [-0.2, -0.15) is 11.8 Å². The van der Waals surface area contributed by atoms with Crippen LogP contribution in [0.3, 0.4) is 0 Å². The van der Waals surface area contributed by atoms with Crippen LogP contribution in [0.1, 0.15) is 6.42 Å². The van der Waals surface area contributed by atoms with E-state index >= 15 is 0 Å². The molecule has 86 valence electrons. The highest BCUT2D eigenvalue weighted by Gasteiger charge is 2.24. The van der Waals surface area contributed by atoms with Crippen LogP contribution in [0.4, 0.5) is 11.4 Å². The Morgan fingerprint density at radius 1 is 1.44 bits per heavy atom. The maximum absolute atomic E-state index is 11.8. The topological polar surface area (TPSA) is 41.1 Å². The summed E-state index contributed by atoms with van der Waals surface area (Å²) < 4.78 is 0.968. The largest absolute Gasteiger partial charge is 0.372 e. The molecule has 0 saturated carbocycles. The minimum Gasteiger partial charge on any atom is -0.372 e. The Morgan fingerprint density at radius 2 is 2.25 bits per heavy atom. The smallest absolute Gasteiger partial charge is 0.246 e. The number of carbonyl (C=O) groups excluding carboxylic acids is 1. The van der Waals surface area contributed by atoms with Crippen molar-refractivity contribution >= 4 is 45.0 Å². The van der Waals surface area contributed by atoms with Crippen LogP contribution in [0.5, 0.6) is 0 Å². The highest BCUT2D eigenvalue weighted by molar-refractivity contribution is 9.10. The van der Waals surface area contributed by atoms with Gasteiger partial charge in [0.15, 0.2) is 0 Å². The number of thioether (sulfide) groups is 1. The normalized spacial score (nSPS) is 18.6. The number of amides is 1. The third kappa shape index (κ3) is 2.52. The third-order valence-electron chi connectivity index (χ3n) is 2.50. The molecule has 0 radical (unpaired) electrons. The third-order valence-corrected chi connectivity index (χ3v) is 3.63. The van der Waals surface area contributed by atoms with Crippen LogP contribution in [0.15, 0.2) is 22.7 Å². The lowest BCUT2D eigenvalue weighted by molar-refractivity contribution is -0.117. The predicted octanol–water partition coefficient (Wildman–Crippen LogP) is 2.93. The summed E-state index contributed by atoms with van der Waals surface area (Å²) in [5.41, 5.74) is 1.84. The highest BCUT2D eigenvalue weighted by Crippen LogP contribution is 2.30. The maximum Gasteiger partial charge on any atom is 0.246 e. The minimum absolute atomic E-state index is 0.0552. The quantitative estimate of drug-likeness (QED) is 0.902. The first-order chi connectivity index (χ1) is 7.70. The van der Waals surface area contributed by atoms with E-state index < -0.39 is 0 Å². The summed E-state index contributed by atoms with van der Waals surface area (Å²) in [4.78, 5) is 11.8. The van der Waals surface area contributed by atoms with E-state index in [1.165, 1.54) is 0 Å². The molecule has 0 saturated heterocycles. The molecule has 1 unspecified atom stereocenters. The number of halogens is 1. The molecule has 2 N–H and O–H groups in total. The van der Waals surface area contributed by atoms with Crippen molar-refractivity contribution in [1.82, 2.24) is 0 Å². The summed E-state index contributed by atoms with van der Waals surface area (Å²) in [6.45, 7) is 0. The Kier molecular flexibility index (Phi) is 3.76. The van der Waals surface area contributed by atoms with Crippen LogP contribution in [0.2, 0.25) is 0 Å². The van der Waals surface area contributed by atoms with Crippen molar-refractivity contribution in [2.75, 3.05) is 22.6 Å². The monoisotopic (exact) mass is 300 g/mol. The number of hydrogen-bond donors (Lipinski definition) is 2.